The number of alkyl halides is 3. The smallest absolute Gasteiger partial charge is 0.367 e. The van der Waals surface area contributed by atoms with Gasteiger partial charge in [-0.15, -0.1) is 0 Å². The van der Waals surface area contributed by atoms with Gasteiger partial charge in [-0.2, -0.15) is 13.2 Å². The monoisotopic (exact) mass is 452 g/mol. The first-order valence-electron chi connectivity index (χ1n) is 10.4. The molecule has 11 heteroatoms. The van der Waals surface area contributed by atoms with E-state index in [0.717, 1.165) is 44.2 Å². The van der Waals surface area contributed by atoms with Crippen molar-refractivity contribution < 1.29 is 22.7 Å². The Morgan fingerprint density at radius 2 is 1.66 bits per heavy atom. The highest BCUT2D eigenvalue weighted by molar-refractivity contribution is 5.73. The molecule has 3 rings (SSSR count). The quantitative estimate of drug-likeness (QED) is 0.607. The highest BCUT2D eigenvalue weighted by Crippen LogP contribution is 2.16. The number of hydrogen-bond acceptors (Lipinski definition) is 6. The number of amides is 2. The lowest BCUT2D eigenvalue weighted by Gasteiger charge is -2.34. The van der Waals surface area contributed by atoms with Crippen LogP contribution in [0.4, 0.5) is 23.9 Å². The number of hydrogen-bond donors (Lipinski definition) is 2. The van der Waals surface area contributed by atoms with Crippen molar-refractivity contribution in [3.05, 3.63) is 53.9 Å². The second-order valence-electron chi connectivity index (χ2n) is 7.41. The molecular formula is C21H27F3N6O2. The number of carbonyl (C=O) groups is 1. The van der Waals surface area contributed by atoms with Gasteiger partial charge in [-0.1, -0.05) is 24.3 Å². The molecule has 1 aromatic heterocycles. The second-order valence-corrected chi connectivity index (χ2v) is 7.41. The van der Waals surface area contributed by atoms with Crippen LogP contribution in [0.2, 0.25) is 0 Å². The summed E-state index contributed by atoms with van der Waals surface area (Å²) in [7, 11) is 0. The number of halogens is 3. The van der Waals surface area contributed by atoms with Gasteiger partial charge in [0.2, 0.25) is 5.95 Å². The third kappa shape index (κ3) is 8.31. The minimum absolute atomic E-state index is 0.111. The third-order valence-electron chi connectivity index (χ3n) is 4.93. The van der Waals surface area contributed by atoms with Gasteiger partial charge in [0.25, 0.3) is 0 Å². The Balaban J connectivity index is 1.27. The zero-order valence-electron chi connectivity index (χ0n) is 17.6. The molecule has 174 valence electrons. The Kier molecular flexibility index (Phi) is 8.63. The molecule has 0 saturated carbocycles. The lowest BCUT2D eigenvalue weighted by molar-refractivity contribution is -0.176. The van der Waals surface area contributed by atoms with Crippen LogP contribution in [0.5, 0.6) is 0 Å². The van der Waals surface area contributed by atoms with Crippen molar-refractivity contribution in [3.8, 4) is 0 Å². The molecule has 2 heterocycles. The molecule has 2 amide bonds. The number of nitrogens with zero attached hydrogens (tertiary/aromatic N) is 4. The first kappa shape index (κ1) is 23.7. The van der Waals surface area contributed by atoms with Gasteiger partial charge in [0.05, 0.1) is 6.61 Å². The molecule has 1 aliphatic rings. The number of carbonyl (C=O) groups excluding carboxylic acids is 1. The number of nitrogens with one attached hydrogen (secondary N) is 2. The van der Waals surface area contributed by atoms with Gasteiger partial charge in [-0.05, 0) is 17.2 Å². The number of urea groups is 1. The second kappa shape index (κ2) is 11.6. The lowest BCUT2D eigenvalue weighted by atomic mass is 10.1. The van der Waals surface area contributed by atoms with Gasteiger partial charge in [-0.3, -0.25) is 4.90 Å². The van der Waals surface area contributed by atoms with Gasteiger partial charge >= 0.3 is 12.2 Å². The van der Waals surface area contributed by atoms with Crippen LogP contribution < -0.4 is 15.5 Å². The van der Waals surface area contributed by atoms with Gasteiger partial charge in [-0.25, -0.2) is 14.8 Å². The van der Waals surface area contributed by atoms with Crippen LogP contribution in [0.3, 0.4) is 0 Å². The maximum absolute atomic E-state index is 12.1. The lowest BCUT2D eigenvalue weighted by Crippen LogP contribution is -2.49. The van der Waals surface area contributed by atoms with Crippen LogP contribution in [0.25, 0.3) is 0 Å². The summed E-state index contributed by atoms with van der Waals surface area (Å²) in [4.78, 5) is 25.0. The number of anilines is 1. The maximum Gasteiger partial charge on any atom is 0.411 e. The minimum atomic E-state index is -4.33. The summed E-state index contributed by atoms with van der Waals surface area (Å²) in [6.07, 6.45) is -0.861. The van der Waals surface area contributed by atoms with E-state index in [4.69, 9.17) is 0 Å². The van der Waals surface area contributed by atoms with Crippen molar-refractivity contribution in [3.63, 3.8) is 0 Å². The molecule has 2 aromatic rings. The summed E-state index contributed by atoms with van der Waals surface area (Å²) >= 11 is 0. The molecule has 0 spiro atoms. The van der Waals surface area contributed by atoms with E-state index in [-0.39, 0.29) is 12.6 Å². The molecule has 0 atom stereocenters. The van der Waals surface area contributed by atoms with Gasteiger partial charge < -0.3 is 20.3 Å². The Morgan fingerprint density at radius 1 is 1.00 bits per heavy atom. The molecule has 0 radical (unpaired) electrons. The van der Waals surface area contributed by atoms with E-state index in [1.54, 1.807) is 42.7 Å². The van der Waals surface area contributed by atoms with Crippen molar-refractivity contribution >= 4 is 12.0 Å². The highest BCUT2D eigenvalue weighted by atomic mass is 19.4. The van der Waals surface area contributed by atoms with Crippen LogP contribution in [0, 0.1) is 0 Å². The van der Waals surface area contributed by atoms with E-state index in [9.17, 15) is 18.0 Å². The van der Waals surface area contributed by atoms with Crippen molar-refractivity contribution in [2.24, 2.45) is 0 Å². The van der Waals surface area contributed by atoms with Crippen molar-refractivity contribution in [1.29, 1.82) is 0 Å². The summed E-state index contributed by atoms with van der Waals surface area (Å²) in [6, 6.07) is 8.41. The Bertz CT molecular complexity index is 828. The van der Waals surface area contributed by atoms with E-state index in [1.165, 1.54) is 0 Å². The fraction of sp³-hybridized carbons (Fsp3) is 0.476. The molecule has 2 N–H and O–H groups in total. The summed E-state index contributed by atoms with van der Waals surface area (Å²) < 4.78 is 40.9. The Labute approximate surface area is 184 Å². The standard InChI is InChI=1S/C21H27F3N6O2/c22-21(23,24)16-32-15-18-4-2-17(3-5-18)14-28-20(31)27-8-9-29-10-12-30(13-11-29)19-25-6-1-7-26-19/h1-7H,8-16H2,(H2,27,28,31). The summed E-state index contributed by atoms with van der Waals surface area (Å²) in [5.41, 5.74) is 1.49. The summed E-state index contributed by atoms with van der Waals surface area (Å²) in [5.74, 6) is 0.742. The summed E-state index contributed by atoms with van der Waals surface area (Å²) in [5, 5.41) is 5.61. The molecular weight excluding hydrogens is 425 g/mol. The first-order chi connectivity index (χ1) is 15.4. The van der Waals surface area contributed by atoms with Crippen molar-refractivity contribution in [2.45, 2.75) is 19.3 Å². The molecule has 1 aromatic carbocycles. The zero-order chi connectivity index (χ0) is 22.8. The number of piperazine rings is 1. The molecule has 1 aliphatic heterocycles. The SMILES string of the molecule is O=C(NCCN1CCN(c2ncccn2)CC1)NCc1ccc(COCC(F)(F)F)cc1. The fourth-order valence-electron chi connectivity index (χ4n) is 3.24. The third-order valence-corrected chi connectivity index (χ3v) is 4.93. The molecule has 0 aliphatic carbocycles. The summed E-state index contributed by atoms with van der Waals surface area (Å²) in [6.45, 7) is 3.66. The van der Waals surface area contributed by atoms with Crippen molar-refractivity contribution in [2.75, 3.05) is 50.8 Å². The van der Waals surface area contributed by atoms with Crippen LogP contribution in [-0.2, 0) is 17.9 Å². The molecule has 1 fully saturated rings. The fourth-order valence-corrected chi connectivity index (χ4v) is 3.24. The Morgan fingerprint density at radius 3 is 2.31 bits per heavy atom. The van der Waals surface area contributed by atoms with Crippen LogP contribution in [0.1, 0.15) is 11.1 Å². The normalized spacial score (nSPS) is 14.9. The Hall–Kier alpha value is -2.92. The van der Waals surface area contributed by atoms with Crippen LogP contribution >= 0.6 is 0 Å². The molecule has 0 bridgehead atoms. The molecule has 8 nitrogen and oxygen atoms in total. The van der Waals surface area contributed by atoms with Gasteiger partial charge in [0.1, 0.15) is 6.61 Å². The predicted octanol–water partition coefficient (Wildman–Crippen LogP) is 2.18. The van der Waals surface area contributed by atoms with E-state index in [1.807, 2.05) is 0 Å². The predicted molar refractivity (Wildman–Crippen MR) is 113 cm³/mol. The number of benzene rings is 1. The van der Waals surface area contributed by atoms with Gasteiger partial charge in [0.15, 0.2) is 0 Å². The molecule has 32 heavy (non-hydrogen) atoms. The van der Waals surface area contributed by atoms with Crippen LogP contribution in [-0.4, -0.2) is 73.0 Å². The first-order valence-corrected chi connectivity index (χ1v) is 10.4. The number of rotatable bonds is 9. The maximum atomic E-state index is 12.1. The van der Waals surface area contributed by atoms with E-state index >= 15 is 0 Å². The van der Waals surface area contributed by atoms with E-state index in [0.29, 0.717) is 18.7 Å². The topological polar surface area (TPSA) is 82.6 Å². The van der Waals surface area contributed by atoms with Crippen molar-refractivity contribution in [1.82, 2.24) is 25.5 Å². The largest absolute Gasteiger partial charge is 0.411 e. The average Bonchev–Trinajstić information content (AvgIpc) is 2.79. The van der Waals surface area contributed by atoms with E-state index < -0.39 is 12.8 Å². The highest BCUT2D eigenvalue weighted by Gasteiger charge is 2.27. The zero-order valence-corrected chi connectivity index (χ0v) is 17.6. The average molecular weight is 452 g/mol. The number of aromatic nitrogens is 2. The minimum Gasteiger partial charge on any atom is -0.367 e. The van der Waals surface area contributed by atoms with Crippen LogP contribution in [0.15, 0.2) is 42.7 Å². The van der Waals surface area contributed by atoms with E-state index in [2.05, 4.69) is 35.1 Å². The molecule has 0 unspecified atom stereocenters. The number of ether oxygens (including phenoxy) is 1. The van der Waals surface area contributed by atoms with Gasteiger partial charge in [0, 0.05) is 58.2 Å². The molecule has 1 saturated heterocycles.